The van der Waals surface area contributed by atoms with Crippen LogP contribution in [-0.4, -0.2) is 16.2 Å². The van der Waals surface area contributed by atoms with Gasteiger partial charge in [-0.25, -0.2) is 9.98 Å². The van der Waals surface area contributed by atoms with Gasteiger partial charge >= 0.3 is 0 Å². The van der Waals surface area contributed by atoms with Crippen LogP contribution in [0.3, 0.4) is 0 Å². The van der Waals surface area contributed by atoms with E-state index in [-0.39, 0.29) is 6.17 Å². The number of rotatable bonds is 5. The van der Waals surface area contributed by atoms with Crippen molar-refractivity contribution in [3.63, 3.8) is 0 Å². The molecule has 0 bridgehead atoms. The van der Waals surface area contributed by atoms with Gasteiger partial charge in [0.2, 0.25) is 0 Å². The summed E-state index contributed by atoms with van der Waals surface area (Å²) in [6, 6.07) is 65.6. The van der Waals surface area contributed by atoms with Crippen LogP contribution < -0.4 is 5.32 Å². The second-order valence-corrected chi connectivity index (χ2v) is 16.8. The molecule has 0 radical (unpaired) electrons. The van der Waals surface area contributed by atoms with E-state index < -0.39 is 0 Å². The van der Waals surface area contributed by atoms with Crippen molar-refractivity contribution in [2.45, 2.75) is 6.17 Å². The average Bonchev–Trinajstić information content (AvgIpc) is 3.95. The zero-order chi connectivity index (χ0) is 37.5. The quantitative estimate of drug-likeness (QED) is 0.186. The molecule has 1 aliphatic rings. The Morgan fingerprint density at radius 3 is 1.89 bits per heavy atom. The molecule has 4 heterocycles. The maximum absolute atomic E-state index is 5.32. The van der Waals surface area contributed by atoms with E-state index in [4.69, 9.17) is 9.98 Å². The first kappa shape index (κ1) is 32.4. The molecule has 12 rings (SSSR count). The number of thiophene rings is 2. The van der Waals surface area contributed by atoms with Gasteiger partial charge in [-0.15, -0.1) is 22.7 Å². The van der Waals surface area contributed by atoms with Crippen LogP contribution in [0.2, 0.25) is 0 Å². The van der Waals surface area contributed by atoms with Gasteiger partial charge in [0.05, 0.1) is 11.0 Å². The SMILES string of the molecule is c1ccc(C2=NC(c3ccccc3)NC(c3cc(-n4c5ccccc5c5cc(-c6ccc7sc8ccccc8c7c6)ccc54)cc4sc5ccccc5c34)=N2)cc1. The van der Waals surface area contributed by atoms with Crippen LogP contribution in [0.5, 0.6) is 0 Å². The van der Waals surface area contributed by atoms with E-state index in [1.54, 1.807) is 0 Å². The largest absolute Gasteiger partial charge is 0.344 e. The third-order valence-electron chi connectivity index (χ3n) is 11.2. The first-order valence-electron chi connectivity index (χ1n) is 19.2. The lowest BCUT2D eigenvalue weighted by Gasteiger charge is -2.24. The maximum atomic E-state index is 5.32. The van der Waals surface area contributed by atoms with Gasteiger partial charge in [-0.3, -0.25) is 0 Å². The lowest BCUT2D eigenvalue weighted by atomic mass is 10.0. The van der Waals surface area contributed by atoms with Gasteiger partial charge in [-0.1, -0.05) is 127 Å². The maximum Gasteiger partial charge on any atom is 0.159 e. The minimum absolute atomic E-state index is 0.296. The molecule has 0 aliphatic carbocycles. The van der Waals surface area contributed by atoms with Crippen molar-refractivity contribution in [1.29, 1.82) is 0 Å². The third kappa shape index (κ3) is 5.26. The van der Waals surface area contributed by atoms with E-state index in [1.165, 1.54) is 73.3 Å². The van der Waals surface area contributed by atoms with Gasteiger partial charge in [0.15, 0.2) is 5.84 Å². The topological polar surface area (TPSA) is 41.7 Å². The molecule has 268 valence electrons. The molecule has 1 N–H and O–H groups in total. The molecule has 6 heteroatoms. The fourth-order valence-electron chi connectivity index (χ4n) is 8.60. The molecule has 57 heavy (non-hydrogen) atoms. The van der Waals surface area contributed by atoms with Gasteiger partial charge < -0.3 is 9.88 Å². The summed E-state index contributed by atoms with van der Waals surface area (Å²) in [4.78, 5) is 10.5. The zero-order valence-corrected chi connectivity index (χ0v) is 32.2. The van der Waals surface area contributed by atoms with Crippen molar-refractivity contribution in [2.75, 3.05) is 0 Å². The summed E-state index contributed by atoms with van der Waals surface area (Å²) in [5.74, 6) is 1.53. The number of hydrogen-bond acceptors (Lipinski definition) is 5. The van der Waals surface area contributed by atoms with Crippen molar-refractivity contribution < 1.29 is 0 Å². The van der Waals surface area contributed by atoms with Crippen molar-refractivity contribution in [2.24, 2.45) is 9.98 Å². The Morgan fingerprint density at radius 1 is 0.456 bits per heavy atom. The Kier molecular flexibility index (Phi) is 7.30. The lowest BCUT2D eigenvalue weighted by molar-refractivity contribution is 0.674. The molecule has 3 aromatic heterocycles. The minimum Gasteiger partial charge on any atom is -0.344 e. The highest BCUT2D eigenvalue weighted by Gasteiger charge is 2.25. The van der Waals surface area contributed by atoms with Crippen molar-refractivity contribution in [3.05, 3.63) is 199 Å². The molecular weight excluding hydrogens is 733 g/mol. The molecule has 1 aliphatic heterocycles. The Hall–Kier alpha value is -6.86. The van der Waals surface area contributed by atoms with Crippen molar-refractivity contribution in [1.82, 2.24) is 9.88 Å². The van der Waals surface area contributed by atoms with Crippen LogP contribution in [0.25, 0.3) is 79.0 Å². The first-order valence-corrected chi connectivity index (χ1v) is 20.8. The van der Waals surface area contributed by atoms with Crippen LogP contribution in [0.15, 0.2) is 192 Å². The Morgan fingerprint density at radius 2 is 1.07 bits per heavy atom. The highest BCUT2D eigenvalue weighted by atomic mass is 32.1. The van der Waals surface area contributed by atoms with Crippen molar-refractivity contribution >= 4 is 96.5 Å². The number of benzene rings is 8. The van der Waals surface area contributed by atoms with Crippen LogP contribution in [0, 0.1) is 0 Å². The van der Waals surface area contributed by atoms with Crippen molar-refractivity contribution in [3.8, 4) is 16.8 Å². The van der Waals surface area contributed by atoms with E-state index >= 15 is 0 Å². The fourth-order valence-corrected chi connectivity index (χ4v) is 10.9. The molecule has 0 fully saturated rings. The molecule has 4 nitrogen and oxygen atoms in total. The number of para-hydroxylation sites is 1. The minimum atomic E-state index is -0.296. The standard InChI is InChI=1S/C51H32N4S2/c1-3-13-31(14-4-1)49-52-50(32-15-5-2-6-16-32)54-51(53-49)41-29-35(30-47-48(41)38-19-9-12-22-45(38)57-47)55-42-20-10-7-17-36(42)39-27-33(23-25-43(39)55)34-24-26-46-40(28-34)37-18-8-11-21-44(37)56-46/h1-30,49H,(H,52,53,54). The Balaban J connectivity index is 1.08. The van der Waals surface area contributed by atoms with Crippen LogP contribution in [0.4, 0.5) is 0 Å². The summed E-state index contributed by atoms with van der Waals surface area (Å²) in [7, 11) is 0. The summed E-state index contributed by atoms with van der Waals surface area (Å²) in [5.41, 5.74) is 9.01. The number of hydrogen-bond donors (Lipinski definition) is 1. The third-order valence-corrected chi connectivity index (χ3v) is 13.5. The molecule has 0 spiro atoms. The number of aliphatic imine (C=N–C) groups is 2. The second kappa shape index (κ2) is 12.8. The summed E-state index contributed by atoms with van der Waals surface area (Å²) in [6.45, 7) is 0. The molecule has 0 saturated heterocycles. The Labute approximate surface area is 336 Å². The van der Waals surface area contributed by atoms with Crippen LogP contribution >= 0.6 is 22.7 Å². The predicted octanol–water partition coefficient (Wildman–Crippen LogP) is 13.7. The first-order chi connectivity index (χ1) is 28.2. The zero-order valence-electron chi connectivity index (χ0n) is 30.6. The number of fused-ring (bicyclic) bond motifs is 9. The predicted molar refractivity (Wildman–Crippen MR) is 244 cm³/mol. The van der Waals surface area contributed by atoms with Gasteiger partial charge in [-0.05, 0) is 71.3 Å². The highest BCUT2D eigenvalue weighted by molar-refractivity contribution is 7.26. The number of nitrogens with zero attached hydrogens (tertiary/aromatic N) is 3. The Bertz CT molecular complexity index is 3440. The number of nitrogens with one attached hydrogen (secondary N) is 1. The fraction of sp³-hybridized carbons (Fsp3) is 0.0196. The molecular formula is C51H32N4S2. The summed E-state index contributed by atoms with van der Waals surface area (Å²) in [6.07, 6.45) is -0.296. The molecule has 0 amide bonds. The average molecular weight is 765 g/mol. The summed E-state index contributed by atoms with van der Waals surface area (Å²) >= 11 is 3.69. The molecule has 1 atom stereocenters. The van der Waals surface area contributed by atoms with E-state index in [2.05, 4.69) is 168 Å². The summed E-state index contributed by atoms with van der Waals surface area (Å²) < 4.78 is 7.54. The van der Waals surface area contributed by atoms with Gasteiger partial charge in [0.1, 0.15) is 12.0 Å². The van der Waals surface area contributed by atoms with E-state index in [0.29, 0.717) is 5.84 Å². The van der Waals surface area contributed by atoms with Crippen LogP contribution in [0.1, 0.15) is 22.9 Å². The number of aromatic nitrogens is 1. The van der Waals surface area contributed by atoms with Crippen LogP contribution in [-0.2, 0) is 0 Å². The molecule has 8 aromatic carbocycles. The smallest absolute Gasteiger partial charge is 0.159 e. The van der Waals surface area contributed by atoms with E-state index in [9.17, 15) is 0 Å². The van der Waals surface area contributed by atoms with E-state index in [1.807, 2.05) is 46.9 Å². The number of amidine groups is 2. The monoisotopic (exact) mass is 764 g/mol. The highest BCUT2D eigenvalue weighted by Crippen LogP contribution is 2.42. The summed E-state index contributed by atoms with van der Waals surface area (Å²) in [5, 5.41) is 11.3. The normalized spacial score (nSPS) is 14.5. The van der Waals surface area contributed by atoms with Gasteiger partial charge in [0.25, 0.3) is 0 Å². The second-order valence-electron chi connectivity index (χ2n) is 14.6. The molecule has 1 unspecified atom stereocenters. The van der Waals surface area contributed by atoms with Gasteiger partial charge in [0, 0.05) is 67.9 Å². The molecule has 11 aromatic rings. The van der Waals surface area contributed by atoms with Gasteiger partial charge in [-0.2, -0.15) is 0 Å². The van der Waals surface area contributed by atoms with E-state index in [0.717, 1.165) is 28.2 Å². The molecule has 0 saturated carbocycles. The lowest BCUT2D eigenvalue weighted by Crippen LogP contribution is -2.33.